The molecule has 2 aliphatic rings. The van der Waals surface area contributed by atoms with Crippen LogP contribution in [0.2, 0.25) is 0 Å². The third-order valence-electron chi connectivity index (χ3n) is 3.72. The Hall–Kier alpha value is -1.20. The van der Waals surface area contributed by atoms with Gasteiger partial charge in [0.25, 0.3) is 0 Å². The molecule has 1 N–H and O–H groups in total. The molecule has 1 unspecified atom stereocenters. The van der Waals surface area contributed by atoms with Gasteiger partial charge in [-0.15, -0.1) is 0 Å². The van der Waals surface area contributed by atoms with E-state index in [4.69, 9.17) is 4.74 Å². The zero-order valence-electron chi connectivity index (χ0n) is 12.6. The number of ether oxygens (including phenoxy) is 1. The standard InChI is InChI=1S/C15H24N4O/c1-11-9-19(10-15(2,3)20-11)14-17-7-12(8-18-14)6-16-13-4-5-13/h7-8,11,13,16H,4-6,9-10H2,1-3H3. The Labute approximate surface area is 120 Å². The van der Waals surface area contributed by atoms with Gasteiger partial charge >= 0.3 is 0 Å². The van der Waals surface area contributed by atoms with Crippen molar-refractivity contribution in [2.75, 3.05) is 18.0 Å². The lowest BCUT2D eigenvalue weighted by atomic mass is 10.1. The summed E-state index contributed by atoms with van der Waals surface area (Å²) in [7, 11) is 0. The third kappa shape index (κ3) is 3.46. The summed E-state index contributed by atoms with van der Waals surface area (Å²) in [5.41, 5.74) is 1.01. The maximum Gasteiger partial charge on any atom is 0.225 e. The molecular formula is C15H24N4O. The molecule has 1 atom stereocenters. The second-order valence-corrected chi connectivity index (χ2v) is 6.62. The highest BCUT2D eigenvalue weighted by Crippen LogP contribution is 2.23. The van der Waals surface area contributed by atoms with Crippen molar-refractivity contribution in [2.24, 2.45) is 0 Å². The average molecular weight is 276 g/mol. The topological polar surface area (TPSA) is 50.3 Å². The van der Waals surface area contributed by atoms with Gasteiger partial charge in [-0.3, -0.25) is 0 Å². The lowest BCUT2D eigenvalue weighted by Gasteiger charge is -2.41. The number of hydrogen-bond donors (Lipinski definition) is 1. The lowest BCUT2D eigenvalue weighted by molar-refractivity contribution is -0.0753. The molecular weight excluding hydrogens is 252 g/mol. The minimum absolute atomic E-state index is 0.146. The van der Waals surface area contributed by atoms with E-state index in [1.807, 2.05) is 12.4 Å². The molecule has 1 aromatic heterocycles. The third-order valence-corrected chi connectivity index (χ3v) is 3.72. The summed E-state index contributed by atoms with van der Waals surface area (Å²) in [5.74, 6) is 0.809. The van der Waals surface area contributed by atoms with Crippen LogP contribution in [-0.4, -0.2) is 40.8 Å². The predicted molar refractivity (Wildman–Crippen MR) is 78.7 cm³/mol. The summed E-state index contributed by atoms with van der Waals surface area (Å²) >= 11 is 0. The number of morpholine rings is 1. The molecule has 1 aliphatic heterocycles. The Morgan fingerprint density at radius 2 is 2.05 bits per heavy atom. The fourth-order valence-corrected chi connectivity index (χ4v) is 2.76. The molecule has 0 aromatic carbocycles. The van der Waals surface area contributed by atoms with E-state index in [2.05, 4.69) is 41.0 Å². The monoisotopic (exact) mass is 276 g/mol. The van der Waals surface area contributed by atoms with E-state index in [0.29, 0.717) is 0 Å². The zero-order chi connectivity index (χ0) is 14.2. The Morgan fingerprint density at radius 3 is 2.65 bits per heavy atom. The van der Waals surface area contributed by atoms with E-state index in [1.165, 1.54) is 12.8 Å². The molecule has 2 heterocycles. The SMILES string of the molecule is CC1CN(c2ncc(CNC3CC3)cn2)CC(C)(C)O1. The number of nitrogens with one attached hydrogen (secondary N) is 1. The van der Waals surface area contributed by atoms with E-state index in [-0.39, 0.29) is 11.7 Å². The second-order valence-electron chi connectivity index (χ2n) is 6.62. The van der Waals surface area contributed by atoms with Gasteiger partial charge in [-0.2, -0.15) is 0 Å². The van der Waals surface area contributed by atoms with Crippen LogP contribution < -0.4 is 10.2 Å². The first-order valence-electron chi connectivity index (χ1n) is 7.49. The number of nitrogens with zero attached hydrogens (tertiary/aromatic N) is 3. The summed E-state index contributed by atoms with van der Waals surface area (Å²) in [4.78, 5) is 11.3. The number of hydrogen-bond acceptors (Lipinski definition) is 5. The number of rotatable bonds is 4. The van der Waals surface area contributed by atoms with E-state index >= 15 is 0 Å². The first kappa shape index (κ1) is 13.8. The van der Waals surface area contributed by atoms with Crippen molar-refractivity contribution in [3.8, 4) is 0 Å². The molecule has 20 heavy (non-hydrogen) atoms. The fourth-order valence-electron chi connectivity index (χ4n) is 2.76. The summed E-state index contributed by atoms with van der Waals surface area (Å²) < 4.78 is 5.91. The Morgan fingerprint density at radius 1 is 1.35 bits per heavy atom. The summed E-state index contributed by atoms with van der Waals surface area (Å²) in [6.07, 6.45) is 6.69. The first-order valence-corrected chi connectivity index (χ1v) is 7.49. The van der Waals surface area contributed by atoms with E-state index in [9.17, 15) is 0 Å². The molecule has 2 fully saturated rings. The van der Waals surface area contributed by atoms with Crippen molar-refractivity contribution in [3.63, 3.8) is 0 Å². The molecule has 3 rings (SSSR count). The van der Waals surface area contributed by atoms with Crippen LogP contribution in [-0.2, 0) is 11.3 Å². The highest BCUT2D eigenvalue weighted by molar-refractivity contribution is 5.32. The van der Waals surface area contributed by atoms with Crippen molar-refractivity contribution >= 4 is 5.95 Å². The van der Waals surface area contributed by atoms with Crippen LogP contribution in [0.3, 0.4) is 0 Å². The first-order chi connectivity index (χ1) is 9.52. The second kappa shape index (κ2) is 5.30. The Bertz CT molecular complexity index is 455. The van der Waals surface area contributed by atoms with E-state index in [0.717, 1.165) is 37.2 Å². The maximum absolute atomic E-state index is 5.91. The van der Waals surface area contributed by atoms with Gasteiger partial charge < -0.3 is 15.0 Å². The normalized spacial score (nSPS) is 25.8. The van der Waals surface area contributed by atoms with Gasteiger partial charge in [-0.25, -0.2) is 9.97 Å². The van der Waals surface area contributed by atoms with Crippen molar-refractivity contribution < 1.29 is 4.74 Å². The molecule has 5 nitrogen and oxygen atoms in total. The molecule has 1 aromatic rings. The van der Waals surface area contributed by atoms with E-state index in [1.54, 1.807) is 0 Å². The van der Waals surface area contributed by atoms with Crippen LogP contribution in [0, 0.1) is 0 Å². The summed E-state index contributed by atoms with van der Waals surface area (Å²) in [6.45, 7) is 8.88. The van der Waals surface area contributed by atoms with Gasteiger partial charge in [-0.05, 0) is 33.6 Å². The molecule has 0 amide bonds. The van der Waals surface area contributed by atoms with E-state index < -0.39 is 0 Å². The number of anilines is 1. The highest BCUT2D eigenvalue weighted by atomic mass is 16.5. The van der Waals surface area contributed by atoms with Gasteiger partial charge in [0.15, 0.2) is 0 Å². The van der Waals surface area contributed by atoms with Gasteiger partial charge in [0, 0.05) is 43.6 Å². The van der Waals surface area contributed by atoms with Gasteiger partial charge in [0.05, 0.1) is 11.7 Å². The molecule has 1 saturated heterocycles. The molecule has 0 radical (unpaired) electrons. The van der Waals surface area contributed by atoms with Gasteiger partial charge in [0.2, 0.25) is 5.95 Å². The smallest absolute Gasteiger partial charge is 0.225 e. The molecule has 5 heteroatoms. The minimum Gasteiger partial charge on any atom is -0.369 e. The zero-order valence-corrected chi connectivity index (χ0v) is 12.6. The molecule has 1 aliphatic carbocycles. The summed E-state index contributed by atoms with van der Waals surface area (Å²) in [6, 6.07) is 0.718. The van der Waals surface area contributed by atoms with Crippen molar-refractivity contribution in [1.82, 2.24) is 15.3 Å². The van der Waals surface area contributed by atoms with Crippen LogP contribution in [0.5, 0.6) is 0 Å². The Balaban J connectivity index is 1.63. The molecule has 1 saturated carbocycles. The van der Waals surface area contributed by atoms with Gasteiger partial charge in [-0.1, -0.05) is 0 Å². The number of aromatic nitrogens is 2. The van der Waals surface area contributed by atoms with Crippen LogP contribution in [0.15, 0.2) is 12.4 Å². The highest BCUT2D eigenvalue weighted by Gasteiger charge is 2.32. The lowest BCUT2D eigenvalue weighted by Crippen LogP contribution is -2.52. The van der Waals surface area contributed by atoms with Crippen molar-refractivity contribution in [2.45, 2.75) is 57.9 Å². The average Bonchev–Trinajstić information content (AvgIpc) is 3.18. The van der Waals surface area contributed by atoms with Crippen molar-refractivity contribution in [3.05, 3.63) is 18.0 Å². The van der Waals surface area contributed by atoms with Crippen LogP contribution >= 0.6 is 0 Å². The molecule has 0 spiro atoms. The predicted octanol–water partition coefficient (Wildman–Crippen LogP) is 1.73. The largest absolute Gasteiger partial charge is 0.369 e. The maximum atomic E-state index is 5.91. The molecule has 0 bridgehead atoms. The van der Waals surface area contributed by atoms with Crippen LogP contribution in [0.25, 0.3) is 0 Å². The van der Waals surface area contributed by atoms with Gasteiger partial charge in [0.1, 0.15) is 0 Å². The molecule has 110 valence electrons. The Kier molecular flexibility index (Phi) is 3.65. The quantitative estimate of drug-likeness (QED) is 0.907. The summed E-state index contributed by atoms with van der Waals surface area (Å²) in [5, 5.41) is 3.48. The minimum atomic E-state index is -0.146. The van der Waals surface area contributed by atoms with Crippen LogP contribution in [0.4, 0.5) is 5.95 Å². The van der Waals surface area contributed by atoms with Crippen LogP contribution in [0.1, 0.15) is 39.2 Å². The fraction of sp³-hybridized carbons (Fsp3) is 0.733. The van der Waals surface area contributed by atoms with Crippen molar-refractivity contribution in [1.29, 1.82) is 0 Å².